The van der Waals surface area contributed by atoms with Gasteiger partial charge in [0.15, 0.2) is 5.78 Å². The molecule has 2 rings (SSSR count). The number of rotatable bonds is 6. The lowest BCUT2D eigenvalue weighted by Crippen LogP contribution is -2.38. The molecule has 0 aliphatic carbocycles. The normalized spacial score (nSPS) is 17.6. The van der Waals surface area contributed by atoms with E-state index in [4.69, 9.17) is 4.74 Å². The van der Waals surface area contributed by atoms with E-state index >= 15 is 0 Å². The minimum absolute atomic E-state index is 0.178. The Morgan fingerprint density at radius 1 is 1.50 bits per heavy atom. The van der Waals surface area contributed by atoms with Crippen LogP contribution in [0, 0.1) is 0 Å². The van der Waals surface area contributed by atoms with Crippen LogP contribution in [0.3, 0.4) is 0 Å². The molecule has 0 spiro atoms. The van der Waals surface area contributed by atoms with Gasteiger partial charge in [-0.05, 0) is 38.6 Å². The molecule has 4 nitrogen and oxygen atoms in total. The molecule has 0 aromatic heterocycles. The zero-order chi connectivity index (χ0) is 14.5. The minimum Gasteiger partial charge on any atom is -0.487 e. The Labute approximate surface area is 121 Å². The van der Waals surface area contributed by atoms with E-state index in [0.717, 1.165) is 36.5 Å². The third-order valence-electron chi connectivity index (χ3n) is 3.52. The van der Waals surface area contributed by atoms with Crippen LogP contribution in [0.25, 0.3) is 0 Å². The molecule has 0 fully saturated rings. The lowest BCUT2D eigenvalue weighted by Gasteiger charge is -2.35. The molecule has 0 saturated heterocycles. The molecule has 1 aliphatic heterocycles. The van der Waals surface area contributed by atoms with Gasteiger partial charge in [-0.25, -0.2) is 0 Å². The summed E-state index contributed by atoms with van der Waals surface area (Å²) in [4.78, 5) is 14.4. The lowest BCUT2D eigenvalue weighted by atomic mass is 10.0. The fraction of sp³-hybridized carbons (Fsp3) is 0.562. The summed E-state index contributed by atoms with van der Waals surface area (Å²) in [5, 5.41) is 3.01. The summed E-state index contributed by atoms with van der Waals surface area (Å²) in [6.45, 7) is 6.84. The molecule has 1 atom stereocenters. The maximum absolute atomic E-state index is 12.1. The van der Waals surface area contributed by atoms with Crippen LogP contribution in [0.2, 0.25) is 0 Å². The van der Waals surface area contributed by atoms with Crippen molar-refractivity contribution >= 4 is 11.5 Å². The van der Waals surface area contributed by atoms with E-state index in [1.165, 1.54) is 0 Å². The van der Waals surface area contributed by atoms with Gasteiger partial charge >= 0.3 is 0 Å². The van der Waals surface area contributed by atoms with E-state index in [2.05, 4.69) is 24.1 Å². The SMILES string of the molecule is CCCN1CC(C)Oc2ccc(C(=O)CCNC)cc21. The summed E-state index contributed by atoms with van der Waals surface area (Å²) in [5.74, 6) is 1.07. The van der Waals surface area contributed by atoms with Gasteiger partial charge in [0.2, 0.25) is 0 Å². The maximum Gasteiger partial charge on any atom is 0.164 e. The van der Waals surface area contributed by atoms with Crippen molar-refractivity contribution in [2.45, 2.75) is 32.8 Å². The molecule has 1 aromatic carbocycles. The Morgan fingerprint density at radius 2 is 2.30 bits per heavy atom. The van der Waals surface area contributed by atoms with E-state index in [-0.39, 0.29) is 11.9 Å². The number of nitrogens with zero attached hydrogens (tertiary/aromatic N) is 1. The number of fused-ring (bicyclic) bond motifs is 1. The standard InChI is InChI=1S/C16H24N2O2/c1-4-9-18-11-12(2)20-16-6-5-13(10-14(16)18)15(19)7-8-17-3/h5-6,10,12,17H,4,7-9,11H2,1-3H3. The molecule has 20 heavy (non-hydrogen) atoms. The molecule has 1 aromatic rings. The fourth-order valence-electron chi connectivity index (χ4n) is 2.56. The first-order valence-corrected chi connectivity index (χ1v) is 7.39. The van der Waals surface area contributed by atoms with Crippen LogP contribution in [0.4, 0.5) is 5.69 Å². The molecule has 0 radical (unpaired) electrons. The van der Waals surface area contributed by atoms with Crippen LogP contribution in [0.15, 0.2) is 18.2 Å². The molecule has 0 amide bonds. The molecule has 1 N–H and O–H groups in total. The first-order chi connectivity index (χ1) is 9.65. The van der Waals surface area contributed by atoms with Gasteiger partial charge in [0.25, 0.3) is 0 Å². The third-order valence-corrected chi connectivity index (χ3v) is 3.52. The number of Topliss-reactive ketones (excluding diaryl/α,β-unsaturated/α-hetero) is 1. The van der Waals surface area contributed by atoms with Crippen molar-refractivity contribution in [2.24, 2.45) is 0 Å². The Hall–Kier alpha value is -1.55. The minimum atomic E-state index is 0.178. The molecule has 0 bridgehead atoms. The first-order valence-electron chi connectivity index (χ1n) is 7.39. The largest absolute Gasteiger partial charge is 0.487 e. The highest BCUT2D eigenvalue weighted by atomic mass is 16.5. The van der Waals surface area contributed by atoms with E-state index in [1.807, 2.05) is 25.2 Å². The van der Waals surface area contributed by atoms with Crippen LogP contribution < -0.4 is 15.0 Å². The molecule has 4 heteroatoms. The highest BCUT2D eigenvalue weighted by molar-refractivity contribution is 5.97. The van der Waals surface area contributed by atoms with Crippen molar-refractivity contribution < 1.29 is 9.53 Å². The number of hydrogen-bond acceptors (Lipinski definition) is 4. The van der Waals surface area contributed by atoms with Crippen LogP contribution in [-0.2, 0) is 0 Å². The monoisotopic (exact) mass is 276 g/mol. The number of benzene rings is 1. The Kier molecular flexibility index (Phi) is 5.01. The number of ketones is 1. The number of anilines is 1. The summed E-state index contributed by atoms with van der Waals surface area (Å²) < 4.78 is 5.86. The summed E-state index contributed by atoms with van der Waals surface area (Å²) in [6, 6.07) is 5.79. The molecule has 1 unspecified atom stereocenters. The van der Waals surface area contributed by atoms with E-state index in [0.29, 0.717) is 13.0 Å². The Bertz CT molecular complexity index is 474. The molecule has 1 aliphatic rings. The van der Waals surface area contributed by atoms with Crippen molar-refractivity contribution in [3.05, 3.63) is 23.8 Å². The Balaban J connectivity index is 2.23. The van der Waals surface area contributed by atoms with E-state index in [1.54, 1.807) is 0 Å². The van der Waals surface area contributed by atoms with Crippen molar-refractivity contribution in [1.29, 1.82) is 0 Å². The van der Waals surface area contributed by atoms with Crippen molar-refractivity contribution in [1.82, 2.24) is 5.32 Å². The fourth-order valence-corrected chi connectivity index (χ4v) is 2.56. The number of hydrogen-bond donors (Lipinski definition) is 1. The van der Waals surface area contributed by atoms with Gasteiger partial charge in [-0.1, -0.05) is 6.92 Å². The van der Waals surface area contributed by atoms with Gasteiger partial charge in [0.1, 0.15) is 11.9 Å². The highest BCUT2D eigenvalue weighted by Gasteiger charge is 2.23. The summed E-state index contributed by atoms with van der Waals surface area (Å²) in [5.41, 5.74) is 1.83. The molecular formula is C16H24N2O2. The van der Waals surface area contributed by atoms with Gasteiger partial charge in [0.05, 0.1) is 12.2 Å². The molecular weight excluding hydrogens is 252 g/mol. The van der Waals surface area contributed by atoms with Crippen LogP contribution >= 0.6 is 0 Å². The number of ether oxygens (including phenoxy) is 1. The highest BCUT2D eigenvalue weighted by Crippen LogP contribution is 2.34. The molecule has 1 heterocycles. The second-order valence-corrected chi connectivity index (χ2v) is 5.33. The number of carbonyl (C=O) groups is 1. The third kappa shape index (κ3) is 3.31. The second-order valence-electron chi connectivity index (χ2n) is 5.33. The van der Waals surface area contributed by atoms with Crippen LogP contribution in [-0.4, -0.2) is 38.6 Å². The average Bonchev–Trinajstić information content (AvgIpc) is 2.44. The molecule has 110 valence electrons. The van der Waals surface area contributed by atoms with Crippen LogP contribution in [0.1, 0.15) is 37.0 Å². The quantitative estimate of drug-likeness (QED) is 0.811. The summed E-state index contributed by atoms with van der Waals surface area (Å²) >= 11 is 0. The summed E-state index contributed by atoms with van der Waals surface area (Å²) in [7, 11) is 1.86. The van der Waals surface area contributed by atoms with E-state index < -0.39 is 0 Å². The van der Waals surface area contributed by atoms with Gasteiger partial charge in [0, 0.05) is 25.1 Å². The predicted molar refractivity (Wildman–Crippen MR) is 81.9 cm³/mol. The van der Waals surface area contributed by atoms with Crippen molar-refractivity contribution in [3.63, 3.8) is 0 Å². The van der Waals surface area contributed by atoms with E-state index in [9.17, 15) is 4.79 Å². The van der Waals surface area contributed by atoms with Crippen molar-refractivity contribution in [3.8, 4) is 5.75 Å². The maximum atomic E-state index is 12.1. The second kappa shape index (κ2) is 6.75. The van der Waals surface area contributed by atoms with Gasteiger partial charge in [-0.3, -0.25) is 4.79 Å². The molecule has 0 saturated carbocycles. The topological polar surface area (TPSA) is 41.6 Å². The van der Waals surface area contributed by atoms with Crippen molar-refractivity contribution in [2.75, 3.05) is 31.6 Å². The van der Waals surface area contributed by atoms with Gasteiger partial charge < -0.3 is 15.0 Å². The smallest absolute Gasteiger partial charge is 0.164 e. The Morgan fingerprint density at radius 3 is 3.00 bits per heavy atom. The first kappa shape index (κ1) is 14.9. The average molecular weight is 276 g/mol. The zero-order valence-corrected chi connectivity index (χ0v) is 12.6. The summed E-state index contributed by atoms with van der Waals surface area (Å²) in [6.07, 6.45) is 1.81. The zero-order valence-electron chi connectivity index (χ0n) is 12.6. The predicted octanol–water partition coefficient (Wildman–Crippen LogP) is 2.48. The number of carbonyl (C=O) groups excluding carboxylic acids is 1. The van der Waals surface area contributed by atoms with Gasteiger partial charge in [-0.2, -0.15) is 0 Å². The number of nitrogens with one attached hydrogen (secondary N) is 1. The van der Waals surface area contributed by atoms with Gasteiger partial charge in [-0.15, -0.1) is 0 Å². The van der Waals surface area contributed by atoms with Crippen LogP contribution in [0.5, 0.6) is 5.75 Å². The lowest BCUT2D eigenvalue weighted by molar-refractivity contribution is 0.0983.